The number of fused-ring (bicyclic) bond motifs is 3. The van der Waals surface area contributed by atoms with Crippen LogP contribution in [0, 0.1) is 23.7 Å². The summed E-state index contributed by atoms with van der Waals surface area (Å²) in [6.45, 7) is 0. The lowest BCUT2D eigenvalue weighted by atomic mass is 10.1. The minimum Gasteiger partial charge on any atom is -0.311 e. The van der Waals surface area contributed by atoms with Gasteiger partial charge in [-0.1, -0.05) is 109 Å². The molecule has 0 fully saturated rings. The van der Waals surface area contributed by atoms with Crippen LogP contribution in [0.15, 0.2) is 231 Å². The van der Waals surface area contributed by atoms with E-state index in [1.807, 2.05) is 138 Å². The topological polar surface area (TPSA) is 11.4 Å². The van der Waals surface area contributed by atoms with Crippen LogP contribution in [-0.4, -0.2) is 4.57 Å². The molecule has 0 aliphatic heterocycles. The average molecular weight is 846 g/mol. The van der Waals surface area contributed by atoms with Crippen LogP contribution >= 0.6 is 0 Å². The van der Waals surface area contributed by atoms with E-state index in [0.717, 1.165) is 90.3 Å². The maximum atomic E-state index is 13.7. The summed E-state index contributed by atoms with van der Waals surface area (Å²) in [6.07, 6.45) is -4.45. The maximum Gasteiger partial charge on any atom is 0.416 e. The molecule has 0 unspecified atom stereocenters. The highest BCUT2D eigenvalue weighted by Gasteiger charge is 2.30. The van der Waals surface area contributed by atoms with Crippen molar-refractivity contribution in [1.29, 1.82) is 0 Å². The third kappa shape index (κ3) is 8.58. The summed E-state index contributed by atoms with van der Waals surface area (Å²) in [4.78, 5) is 4.40. The normalized spacial score (nSPS) is 11.1. The number of aromatic nitrogens is 1. The predicted octanol–water partition coefficient (Wildman–Crippen LogP) is 15.5. The summed E-state index contributed by atoms with van der Waals surface area (Å²) in [5.74, 6) is 13.4. The molecular formula is C59H38F3N3. The fourth-order valence-electron chi connectivity index (χ4n) is 8.13. The third-order valence-electron chi connectivity index (χ3n) is 11.2. The number of anilines is 6. The lowest BCUT2D eigenvalue weighted by Crippen LogP contribution is -2.09. The van der Waals surface area contributed by atoms with Gasteiger partial charge in [-0.05, 0) is 146 Å². The Kier molecular flexibility index (Phi) is 10.9. The molecule has 0 aliphatic rings. The number of halogens is 3. The molecule has 10 rings (SSSR count). The summed E-state index contributed by atoms with van der Waals surface area (Å²) in [5.41, 5.74) is 11.0. The van der Waals surface area contributed by atoms with Crippen molar-refractivity contribution in [2.75, 3.05) is 9.80 Å². The van der Waals surface area contributed by atoms with Crippen molar-refractivity contribution in [2.45, 2.75) is 6.18 Å². The number of hydrogen-bond acceptors (Lipinski definition) is 2. The lowest BCUT2D eigenvalue weighted by molar-refractivity contribution is -0.137. The van der Waals surface area contributed by atoms with Gasteiger partial charge in [0.05, 0.1) is 16.6 Å². The van der Waals surface area contributed by atoms with Crippen molar-refractivity contribution < 1.29 is 13.2 Å². The van der Waals surface area contributed by atoms with E-state index in [0.29, 0.717) is 5.69 Å². The Hall–Kier alpha value is -8.71. The largest absolute Gasteiger partial charge is 0.416 e. The number of benzene rings is 9. The molecule has 0 N–H and O–H groups in total. The number of hydrogen-bond donors (Lipinski definition) is 0. The fourth-order valence-corrected chi connectivity index (χ4v) is 8.13. The van der Waals surface area contributed by atoms with E-state index in [1.54, 1.807) is 0 Å². The molecule has 310 valence electrons. The van der Waals surface area contributed by atoms with E-state index in [2.05, 4.69) is 106 Å². The second kappa shape index (κ2) is 17.6. The van der Waals surface area contributed by atoms with Gasteiger partial charge in [0.1, 0.15) is 0 Å². The van der Waals surface area contributed by atoms with Crippen LogP contribution in [0.1, 0.15) is 27.8 Å². The molecule has 0 amide bonds. The molecule has 0 bridgehead atoms. The first-order chi connectivity index (χ1) is 31.9. The summed E-state index contributed by atoms with van der Waals surface area (Å²) in [5, 5.41) is 1.90. The van der Waals surface area contributed by atoms with E-state index in [4.69, 9.17) is 0 Å². The predicted molar refractivity (Wildman–Crippen MR) is 260 cm³/mol. The van der Waals surface area contributed by atoms with Crippen molar-refractivity contribution in [3.8, 4) is 29.4 Å². The Morgan fingerprint density at radius 2 is 0.631 bits per heavy atom. The highest BCUT2D eigenvalue weighted by molar-refractivity contribution is 6.10. The van der Waals surface area contributed by atoms with Crippen molar-refractivity contribution >= 4 is 55.9 Å². The molecule has 0 radical (unpaired) electrons. The molecule has 65 heavy (non-hydrogen) atoms. The van der Waals surface area contributed by atoms with Gasteiger partial charge in [-0.3, -0.25) is 0 Å². The molecule has 0 atom stereocenters. The van der Waals surface area contributed by atoms with Crippen molar-refractivity contribution in [2.24, 2.45) is 0 Å². The summed E-state index contributed by atoms with van der Waals surface area (Å²) >= 11 is 0. The highest BCUT2D eigenvalue weighted by Crippen LogP contribution is 2.37. The smallest absolute Gasteiger partial charge is 0.311 e. The van der Waals surface area contributed by atoms with Crippen LogP contribution in [0.4, 0.5) is 47.3 Å². The Morgan fingerprint density at radius 1 is 0.323 bits per heavy atom. The van der Waals surface area contributed by atoms with Gasteiger partial charge in [0.25, 0.3) is 0 Å². The van der Waals surface area contributed by atoms with Crippen LogP contribution in [0.2, 0.25) is 0 Å². The van der Waals surface area contributed by atoms with Gasteiger partial charge in [-0.25, -0.2) is 0 Å². The van der Waals surface area contributed by atoms with Crippen LogP contribution in [0.5, 0.6) is 0 Å². The lowest BCUT2D eigenvalue weighted by Gasteiger charge is -2.25. The number of rotatable bonds is 7. The molecule has 9 aromatic carbocycles. The van der Waals surface area contributed by atoms with Gasteiger partial charge in [0.15, 0.2) is 0 Å². The quantitative estimate of drug-likeness (QED) is 0.148. The minimum atomic E-state index is -4.45. The van der Waals surface area contributed by atoms with Crippen molar-refractivity contribution in [3.05, 3.63) is 258 Å². The van der Waals surface area contributed by atoms with Gasteiger partial charge >= 0.3 is 6.18 Å². The maximum absolute atomic E-state index is 13.7. The Bertz CT molecular complexity index is 3100. The second-order valence-electron chi connectivity index (χ2n) is 15.5. The van der Waals surface area contributed by atoms with Crippen LogP contribution in [-0.2, 0) is 6.18 Å². The zero-order valence-corrected chi connectivity index (χ0v) is 34.9. The van der Waals surface area contributed by atoms with E-state index >= 15 is 0 Å². The van der Waals surface area contributed by atoms with E-state index in [9.17, 15) is 13.2 Å². The van der Waals surface area contributed by atoms with Gasteiger partial charge < -0.3 is 14.4 Å². The standard InChI is InChI=1S/C59H38F3N3/c60-59(61,62)47-31-37-54(38-32-47)65-57-41-45(23-21-43-25-33-52(34-26-43)63(48-13-5-1-6-14-48)49-15-7-2-8-16-49)29-39-55(57)56-40-30-46(42-58(56)65)24-22-44-27-35-53(36-28-44)64(50-17-9-3-10-18-50)51-19-11-4-12-20-51/h1-20,25-42H. The van der Waals surface area contributed by atoms with Crippen LogP contribution in [0.25, 0.3) is 27.5 Å². The van der Waals surface area contributed by atoms with Crippen LogP contribution in [0.3, 0.4) is 0 Å². The van der Waals surface area contributed by atoms with Gasteiger partial charge in [0.2, 0.25) is 0 Å². The number of alkyl halides is 3. The molecule has 0 aliphatic carbocycles. The molecule has 10 aromatic rings. The van der Waals surface area contributed by atoms with Crippen molar-refractivity contribution in [3.63, 3.8) is 0 Å². The summed E-state index contributed by atoms with van der Waals surface area (Å²) in [7, 11) is 0. The van der Waals surface area contributed by atoms with E-state index in [1.165, 1.54) is 12.1 Å². The Balaban J connectivity index is 0.986. The molecule has 0 saturated heterocycles. The zero-order valence-electron chi connectivity index (χ0n) is 34.9. The molecule has 1 heterocycles. The Morgan fingerprint density at radius 3 is 0.969 bits per heavy atom. The molecular weight excluding hydrogens is 808 g/mol. The summed E-state index contributed by atoms with van der Waals surface area (Å²) < 4.78 is 43.1. The molecule has 0 spiro atoms. The number of nitrogens with zero attached hydrogens (tertiary/aromatic N) is 3. The number of para-hydroxylation sites is 4. The summed E-state index contributed by atoms with van der Waals surface area (Å²) in [6, 6.07) is 74.6. The third-order valence-corrected chi connectivity index (χ3v) is 11.2. The van der Waals surface area contributed by atoms with Gasteiger partial charge in [-0.15, -0.1) is 0 Å². The minimum absolute atomic E-state index is 0.599. The highest BCUT2D eigenvalue weighted by atomic mass is 19.4. The van der Waals surface area contributed by atoms with Crippen LogP contribution < -0.4 is 9.80 Å². The first-order valence-corrected chi connectivity index (χ1v) is 21.2. The first kappa shape index (κ1) is 40.4. The molecule has 1 aromatic heterocycles. The Labute approximate surface area is 375 Å². The van der Waals surface area contributed by atoms with Gasteiger partial charge in [-0.2, -0.15) is 13.2 Å². The fraction of sp³-hybridized carbons (Fsp3) is 0.0169. The monoisotopic (exact) mass is 845 g/mol. The SMILES string of the molecule is FC(F)(F)c1ccc(-n2c3cc(C#Cc4ccc(N(c5ccccc5)c5ccccc5)cc4)ccc3c3ccc(C#Cc4ccc(N(c5ccccc5)c5ccccc5)cc4)cc32)cc1. The molecule has 3 nitrogen and oxygen atoms in total. The second-order valence-corrected chi connectivity index (χ2v) is 15.5. The van der Waals surface area contributed by atoms with E-state index < -0.39 is 11.7 Å². The molecule has 6 heteroatoms. The van der Waals surface area contributed by atoms with Crippen molar-refractivity contribution in [1.82, 2.24) is 4.57 Å². The van der Waals surface area contributed by atoms with Gasteiger partial charge in [0, 0.05) is 72.8 Å². The molecule has 0 saturated carbocycles. The first-order valence-electron chi connectivity index (χ1n) is 21.2. The zero-order chi connectivity index (χ0) is 44.2. The van der Waals surface area contributed by atoms with E-state index in [-0.39, 0.29) is 0 Å². The average Bonchev–Trinajstić information content (AvgIpc) is 3.67.